The van der Waals surface area contributed by atoms with Crippen LogP contribution in [0.3, 0.4) is 0 Å². The highest BCUT2D eigenvalue weighted by Crippen LogP contribution is 2.42. The SMILES string of the molecule is OC1(CNC2CCOC3(CCC3)C2)CCOC1. The van der Waals surface area contributed by atoms with Crippen LogP contribution in [0.5, 0.6) is 0 Å². The number of nitrogens with one attached hydrogen (secondary N) is 1. The molecule has 2 N–H and O–H groups in total. The Morgan fingerprint density at radius 3 is 2.76 bits per heavy atom. The van der Waals surface area contributed by atoms with E-state index in [0.717, 1.165) is 25.9 Å². The minimum absolute atomic E-state index is 0.185. The Morgan fingerprint density at radius 2 is 2.12 bits per heavy atom. The standard InChI is InChI=1S/C13H23NO3/c15-12(5-7-16-10-12)9-14-11-2-6-17-13(8-11)3-1-4-13/h11,14-15H,1-10H2. The second kappa shape index (κ2) is 4.50. The molecule has 98 valence electrons. The van der Waals surface area contributed by atoms with E-state index in [1.54, 1.807) is 0 Å². The third kappa shape index (κ3) is 2.50. The Balaban J connectivity index is 1.48. The number of ether oxygens (including phenoxy) is 2. The molecule has 2 saturated heterocycles. The zero-order chi connectivity index (χ0) is 11.8. The van der Waals surface area contributed by atoms with Crippen LogP contribution in [0.25, 0.3) is 0 Å². The van der Waals surface area contributed by atoms with Gasteiger partial charge in [-0.25, -0.2) is 0 Å². The molecule has 1 spiro atoms. The average Bonchev–Trinajstić information content (AvgIpc) is 2.73. The molecular formula is C13H23NO3. The molecule has 3 fully saturated rings. The lowest BCUT2D eigenvalue weighted by molar-refractivity contribution is -0.136. The van der Waals surface area contributed by atoms with Crippen molar-refractivity contribution in [2.75, 3.05) is 26.4 Å². The molecule has 0 amide bonds. The molecule has 4 heteroatoms. The van der Waals surface area contributed by atoms with Gasteiger partial charge in [0.15, 0.2) is 0 Å². The van der Waals surface area contributed by atoms with Crippen LogP contribution < -0.4 is 5.32 Å². The Morgan fingerprint density at radius 1 is 1.24 bits per heavy atom. The molecule has 17 heavy (non-hydrogen) atoms. The van der Waals surface area contributed by atoms with Gasteiger partial charge in [0.25, 0.3) is 0 Å². The first-order valence-electron chi connectivity index (χ1n) is 6.87. The van der Waals surface area contributed by atoms with Gasteiger partial charge in [0, 0.05) is 32.2 Å². The van der Waals surface area contributed by atoms with Crippen molar-refractivity contribution in [3.05, 3.63) is 0 Å². The predicted octanol–water partition coefficient (Wildman–Crippen LogP) is 0.829. The highest BCUT2D eigenvalue weighted by atomic mass is 16.5. The van der Waals surface area contributed by atoms with Crippen LogP contribution in [0.15, 0.2) is 0 Å². The van der Waals surface area contributed by atoms with Crippen molar-refractivity contribution in [2.45, 2.75) is 55.8 Å². The van der Waals surface area contributed by atoms with Crippen LogP contribution in [-0.2, 0) is 9.47 Å². The lowest BCUT2D eigenvalue weighted by Gasteiger charge is -2.47. The molecule has 2 unspecified atom stereocenters. The second-order valence-electron chi connectivity index (χ2n) is 5.98. The highest BCUT2D eigenvalue weighted by molar-refractivity contribution is 4.97. The number of rotatable bonds is 3. The predicted molar refractivity (Wildman–Crippen MR) is 63.9 cm³/mol. The van der Waals surface area contributed by atoms with E-state index in [4.69, 9.17) is 9.47 Å². The summed E-state index contributed by atoms with van der Waals surface area (Å²) in [6.07, 6.45) is 6.69. The summed E-state index contributed by atoms with van der Waals surface area (Å²) in [4.78, 5) is 0. The summed E-state index contributed by atoms with van der Waals surface area (Å²) in [5, 5.41) is 13.7. The fourth-order valence-electron chi connectivity index (χ4n) is 3.19. The van der Waals surface area contributed by atoms with Crippen LogP contribution in [0.2, 0.25) is 0 Å². The van der Waals surface area contributed by atoms with Gasteiger partial charge < -0.3 is 19.9 Å². The van der Waals surface area contributed by atoms with Crippen molar-refractivity contribution >= 4 is 0 Å². The summed E-state index contributed by atoms with van der Waals surface area (Å²) < 4.78 is 11.2. The van der Waals surface area contributed by atoms with Crippen LogP contribution in [-0.4, -0.2) is 48.7 Å². The summed E-state index contributed by atoms with van der Waals surface area (Å²) in [5.41, 5.74) is -0.449. The zero-order valence-electron chi connectivity index (χ0n) is 10.4. The smallest absolute Gasteiger partial charge is 0.102 e. The van der Waals surface area contributed by atoms with Gasteiger partial charge in [0.1, 0.15) is 5.60 Å². The first kappa shape index (κ1) is 11.9. The van der Waals surface area contributed by atoms with Gasteiger partial charge in [-0.1, -0.05) is 0 Å². The minimum Gasteiger partial charge on any atom is -0.386 e. The van der Waals surface area contributed by atoms with E-state index in [2.05, 4.69) is 5.32 Å². The molecular weight excluding hydrogens is 218 g/mol. The molecule has 1 saturated carbocycles. The van der Waals surface area contributed by atoms with Gasteiger partial charge in [-0.3, -0.25) is 0 Å². The van der Waals surface area contributed by atoms with Crippen LogP contribution >= 0.6 is 0 Å². The van der Waals surface area contributed by atoms with Gasteiger partial charge >= 0.3 is 0 Å². The molecule has 3 rings (SSSR count). The quantitative estimate of drug-likeness (QED) is 0.768. The Kier molecular flexibility index (Phi) is 3.15. The Hall–Kier alpha value is -0.160. The third-order valence-corrected chi connectivity index (χ3v) is 4.56. The van der Waals surface area contributed by atoms with Gasteiger partial charge in [-0.15, -0.1) is 0 Å². The molecule has 4 nitrogen and oxygen atoms in total. The van der Waals surface area contributed by atoms with Gasteiger partial charge in [-0.2, -0.15) is 0 Å². The van der Waals surface area contributed by atoms with Crippen molar-refractivity contribution in [1.29, 1.82) is 0 Å². The third-order valence-electron chi connectivity index (χ3n) is 4.56. The first-order valence-corrected chi connectivity index (χ1v) is 6.87. The maximum atomic E-state index is 10.2. The average molecular weight is 241 g/mol. The summed E-state index contributed by atoms with van der Waals surface area (Å²) in [6.45, 7) is 2.70. The van der Waals surface area contributed by atoms with Crippen molar-refractivity contribution in [1.82, 2.24) is 5.32 Å². The topological polar surface area (TPSA) is 50.7 Å². The van der Waals surface area contributed by atoms with E-state index in [-0.39, 0.29) is 5.60 Å². The molecule has 0 aromatic rings. The molecule has 0 aromatic carbocycles. The molecule has 2 heterocycles. The summed E-state index contributed by atoms with van der Waals surface area (Å²) in [5.74, 6) is 0. The van der Waals surface area contributed by atoms with Crippen molar-refractivity contribution in [3.63, 3.8) is 0 Å². The van der Waals surface area contributed by atoms with Crippen LogP contribution in [0, 0.1) is 0 Å². The van der Waals surface area contributed by atoms with E-state index >= 15 is 0 Å². The van der Waals surface area contributed by atoms with Gasteiger partial charge in [-0.05, 0) is 32.1 Å². The lowest BCUT2D eigenvalue weighted by Crippen LogP contribution is -2.53. The van der Waals surface area contributed by atoms with Crippen LogP contribution in [0.4, 0.5) is 0 Å². The second-order valence-corrected chi connectivity index (χ2v) is 5.98. The van der Waals surface area contributed by atoms with E-state index < -0.39 is 5.60 Å². The van der Waals surface area contributed by atoms with Crippen LogP contribution in [0.1, 0.15) is 38.5 Å². The van der Waals surface area contributed by atoms with Gasteiger partial charge in [0.2, 0.25) is 0 Å². The maximum absolute atomic E-state index is 10.2. The summed E-state index contributed by atoms with van der Waals surface area (Å²) in [6, 6.07) is 0.508. The monoisotopic (exact) mass is 241 g/mol. The highest BCUT2D eigenvalue weighted by Gasteiger charge is 2.43. The molecule has 0 radical (unpaired) electrons. The molecule has 2 aliphatic heterocycles. The summed E-state index contributed by atoms with van der Waals surface area (Å²) >= 11 is 0. The number of hydrogen-bond donors (Lipinski definition) is 2. The fourth-order valence-corrected chi connectivity index (χ4v) is 3.19. The van der Waals surface area contributed by atoms with E-state index in [1.165, 1.54) is 19.3 Å². The Labute approximate surface area is 103 Å². The summed E-state index contributed by atoms with van der Waals surface area (Å²) in [7, 11) is 0. The molecule has 3 aliphatic rings. The number of aliphatic hydroxyl groups is 1. The maximum Gasteiger partial charge on any atom is 0.102 e. The van der Waals surface area contributed by atoms with E-state index in [9.17, 15) is 5.11 Å². The number of hydrogen-bond acceptors (Lipinski definition) is 4. The van der Waals surface area contributed by atoms with Crippen molar-refractivity contribution < 1.29 is 14.6 Å². The first-order chi connectivity index (χ1) is 8.20. The molecule has 0 bridgehead atoms. The largest absolute Gasteiger partial charge is 0.386 e. The molecule has 1 aliphatic carbocycles. The lowest BCUT2D eigenvalue weighted by atomic mass is 9.74. The van der Waals surface area contributed by atoms with E-state index in [0.29, 0.717) is 25.8 Å². The normalized spacial score (nSPS) is 40.4. The molecule has 2 atom stereocenters. The fraction of sp³-hybridized carbons (Fsp3) is 1.00. The zero-order valence-corrected chi connectivity index (χ0v) is 10.4. The van der Waals surface area contributed by atoms with E-state index in [1.807, 2.05) is 0 Å². The van der Waals surface area contributed by atoms with Crippen molar-refractivity contribution in [3.8, 4) is 0 Å². The van der Waals surface area contributed by atoms with Crippen molar-refractivity contribution in [2.24, 2.45) is 0 Å². The van der Waals surface area contributed by atoms with Gasteiger partial charge in [0.05, 0.1) is 12.2 Å². The Bertz CT molecular complexity index is 272. The minimum atomic E-state index is -0.634. The molecule has 0 aromatic heterocycles.